The normalized spacial score (nSPS) is 25.9. The van der Waals surface area contributed by atoms with Crippen molar-refractivity contribution in [2.24, 2.45) is 0 Å². The van der Waals surface area contributed by atoms with E-state index in [-0.39, 0.29) is 12.5 Å². The fourth-order valence-corrected chi connectivity index (χ4v) is 3.01. The molecule has 1 aromatic rings. The summed E-state index contributed by atoms with van der Waals surface area (Å²) < 4.78 is 5.81. The van der Waals surface area contributed by atoms with E-state index in [2.05, 4.69) is 0 Å². The van der Waals surface area contributed by atoms with Crippen LogP contribution in [0.15, 0.2) is 18.2 Å². The van der Waals surface area contributed by atoms with Crippen molar-refractivity contribution >= 4 is 11.9 Å². The van der Waals surface area contributed by atoms with Crippen LogP contribution >= 0.6 is 0 Å². The van der Waals surface area contributed by atoms with Gasteiger partial charge in [0, 0.05) is 12.6 Å². The van der Waals surface area contributed by atoms with Crippen molar-refractivity contribution in [3.63, 3.8) is 0 Å². The lowest BCUT2D eigenvalue weighted by Gasteiger charge is -2.44. The van der Waals surface area contributed by atoms with Crippen LogP contribution in [0.4, 0.5) is 4.79 Å². The van der Waals surface area contributed by atoms with Crippen LogP contribution in [0, 0.1) is 11.3 Å². The third-order valence-corrected chi connectivity index (χ3v) is 4.39. The van der Waals surface area contributed by atoms with Crippen molar-refractivity contribution in [1.82, 2.24) is 9.80 Å². The minimum absolute atomic E-state index is 0.108. The highest BCUT2D eigenvalue weighted by molar-refractivity contribution is 6.02. The Bertz CT molecular complexity index is 737. The van der Waals surface area contributed by atoms with E-state index >= 15 is 0 Å². The van der Waals surface area contributed by atoms with Crippen LogP contribution in [0.3, 0.4) is 0 Å². The number of amides is 3. The third kappa shape index (κ3) is 2.23. The van der Waals surface area contributed by atoms with E-state index < -0.39 is 23.8 Å². The van der Waals surface area contributed by atoms with E-state index in [4.69, 9.17) is 10.00 Å². The molecule has 0 saturated carbocycles. The van der Waals surface area contributed by atoms with Gasteiger partial charge in [-0.3, -0.25) is 9.69 Å². The first-order valence-electron chi connectivity index (χ1n) is 7.24. The quantitative estimate of drug-likeness (QED) is 0.781. The Kier molecular flexibility index (Phi) is 3.30. The summed E-state index contributed by atoms with van der Waals surface area (Å²) >= 11 is 0. The molecule has 1 aromatic carbocycles. The number of likely N-dealkylation sites (N-methyl/N-ethyl adjacent to an activating group) is 1. The summed E-state index contributed by atoms with van der Waals surface area (Å²) in [6, 6.07) is 5.68. The molecule has 0 spiro atoms. The van der Waals surface area contributed by atoms with Gasteiger partial charge in [0.15, 0.2) is 0 Å². The molecule has 7 nitrogen and oxygen atoms in total. The average molecular weight is 315 g/mol. The largest absolute Gasteiger partial charge is 0.485 e. The maximum absolute atomic E-state index is 12.3. The van der Waals surface area contributed by atoms with Crippen molar-refractivity contribution in [3.05, 3.63) is 29.3 Å². The number of fused-ring (bicyclic) bond motifs is 1. The molecule has 23 heavy (non-hydrogen) atoms. The first-order chi connectivity index (χ1) is 10.8. The molecular formula is C16H17N3O4. The van der Waals surface area contributed by atoms with Gasteiger partial charge in [0.05, 0.1) is 17.7 Å². The van der Waals surface area contributed by atoms with Crippen molar-refractivity contribution in [2.75, 3.05) is 13.6 Å². The van der Waals surface area contributed by atoms with Crippen LogP contribution in [0.25, 0.3) is 0 Å². The minimum Gasteiger partial charge on any atom is -0.485 e. The van der Waals surface area contributed by atoms with Gasteiger partial charge in [0.1, 0.15) is 24.0 Å². The summed E-state index contributed by atoms with van der Waals surface area (Å²) in [4.78, 5) is 26.6. The summed E-state index contributed by atoms with van der Waals surface area (Å²) in [5.41, 5.74) is -0.000962. The molecule has 1 N–H and O–H groups in total. The van der Waals surface area contributed by atoms with Gasteiger partial charge in [-0.2, -0.15) is 5.26 Å². The molecule has 1 saturated heterocycles. The van der Waals surface area contributed by atoms with Gasteiger partial charge in [0.25, 0.3) is 0 Å². The Hall–Kier alpha value is -2.59. The molecule has 7 heteroatoms. The lowest BCUT2D eigenvalue weighted by molar-refractivity contribution is -0.125. The predicted octanol–water partition coefficient (Wildman–Crippen LogP) is 1.03. The number of carbonyl (C=O) groups excluding carboxylic acids is 2. The van der Waals surface area contributed by atoms with E-state index in [1.807, 2.05) is 6.07 Å². The number of ether oxygens (including phenoxy) is 1. The molecule has 1 fully saturated rings. The fourth-order valence-electron chi connectivity index (χ4n) is 3.01. The standard InChI is InChI=1S/C16H17N3O4/c1-16(2)14(21)13(19-8-12(20)18(3)15(19)22)10-6-9(7-17)4-5-11(10)23-16/h4-6,13-14,21H,8H2,1-3H3/t13-,14+/m0/s1. The van der Waals surface area contributed by atoms with Gasteiger partial charge in [-0.1, -0.05) is 0 Å². The van der Waals surface area contributed by atoms with Crippen LogP contribution in [0.5, 0.6) is 5.75 Å². The Morgan fingerprint density at radius 1 is 1.39 bits per heavy atom. The fraction of sp³-hybridized carbons (Fsp3) is 0.438. The van der Waals surface area contributed by atoms with Gasteiger partial charge >= 0.3 is 6.03 Å². The van der Waals surface area contributed by atoms with E-state index in [1.165, 1.54) is 11.9 Å². The second-order valence-corrected chi connectivity index (χ2v) is 6.32. The van der Waals surface area contributed by atoms with Crippen molar-refractivity contribution in [3.8, 4) is 11.8 Å². The molecule has 120 valence electrons. The number of aliphatic hydroxyl groups excluding tert-OH is 1. The molecule has 3 rings (SSSR count). The molecular weight excluding hydrogens is 298 g/mol. The minimum atomic E-state index is -1.04. The molecule has 0 radical (unpaired) electrons. The average Bonchev–Trinajstić information content (AvgIpc) is 2.75. The van der Waals surface area contributed by atoms with E-state index in [9.17, 15) is 14.7 Å². The van der Waals surface area contributed by atoms with E-state index in [0.717, 1.165) is 4.90 Å². The van der Waals surface area contributed by atoms with Crippen molar-refractivity contribution in [2.45, 2.75) is 31.6 Å². The zero-order valence-electron chi connectivity index (χ0n) is 13.1. The van der Waals surface area contributed by atoms with Crippen LogP contribution < -0.4 is 4.74 Å². The molecule has 2 aliphatic rings. The Morgan fingerprint density at radius 3 is 2.65 bits per heavy atom. The summed E-state index contributed by atoms with van der Waals surface area (Å²) in [6.07, 6.45) is -1.04. The first-order valence-corrected chi connectivity index (χ1v) is 7.24. The maximum Gasteiger partial charge on any atom is 0.327 e. The summed E-state index contributed by atoms with van der Waals surface area (Å²) in [7, 11) is 1.41. The van der Waals surface area contributed by atoms with Gasteiger partial charge in [0.2, 0.25) is 5.91 Å². The molecule has 0 aromatic heterocycles. The van der Waals surface area contributed by atoms with Gasteiger partial charge in [-0.05, 0) is 32.0 Å². The van der Waals surface area contributed by atoms with Gasteiger partial charge in [-0.25, -0.2) is 4.79 Å². The Labute approximate surface area is 133 Å². The Balaban J connectivity index is 2.13. The molecule has 0 bridgehead atoms. The molecule has 2 aliphatic heterocycles. The molecule has 3 amide bonds. The second-order valence-electron chi connectivity index (χ2n) is 6.32. The first kappa shape index (κ1) is 15.3. The van der Waals surface area contributed by atoms with Gasteiger partial charge in [-0.15, -0.1) is 0 Å². The second kappa shape index (κ2) is 4.96. The number of nitriles is 1. The van der Waals surface area contributed by atoms with Crippen molar-refractivity contribution < 1.29 is 19.4 Å². The summed E-state index contributed by atoms with van der Waals surface area (Å²) in [5.74, 6) is 0.170. The topological polar surface area (TPSA) is 93.9 Å². The molecule has 0 aliphatic carbocycles. The van der Waals surface area contributed by atoms with Crippen LogP contribution in [0.2, 0.25) is 0 Å². The number of rotatable bonds is 1. The number of imide groups is 1. The van der Waals surface area contributed by atoms with Crippen LogP contribution in [-0.4, -0.2) is 52.1 Å². The lowest BCUT2D eigenvalue weighted by atomic mass is 9.85. The summed E-state index contributed by atoms with van der Waals surface area (Å²) in [6.45, 7) is 3.33. The monoisotopic (exact) mass is 315 g/mol. The number of nitrogens with zero attached hydrogens (tertiary/aromatic N) is 3. The maximum atomic E-state index is 12.3. The molecule has 2 heterocycles. The number of hydrogen-bond donors (Lipinski definition) is 1. The number of hydrogen-bond acceptors (Lipinski definition) is 5. The van der Waals surface area contributed by atoms with Crippen molar-refractivity contribution in [1.29, 1.82) is 5.26 Å². The highest BCUT2D eigenvalue weighted by atomic mass is 16.5. The smallest absolute Gasteiger partial charge is 0.327 e. The van der Waals surface area contributed by atoms with Crippen LogP contribution in [0.1, 0.15) is 31.0 Å². The summed E-state index contributed by atoms with van der Waals surface area (Å²) in [5, 5.41) is 19.8. The highest BCUT2D eigenvalue weighted by Gasteiger charge is 2.50. The van der Waals surface area contributed by atoms with E-state index in [1.54, 1.807) is 32.0 Å². The number of urea groups is 1. The number of benzene rings is 1. The molecule has 0 unspecified atom stereocenters. The predicted molar refractivity (Wildman–Crippen MR) is 79.5 cm³/mol. The number of carbonyl (C=O) groups is 2. The number of aliphatic hydroxyl groups is 1. The Morgan fingerprint density at radius 2 is 2.09 bits per heavy atom. The van der Waals surface area contributed by atoms with Crippen LogP contribution in [-0.2, 0) is 4.79 Å². The zero-order valence-corrected chi connectivity index (χ0v) is 13.1. The van der Waals surface area contributed by atoms with Gasteiger partial charge < -0.3 is 14.7 Å². The SMILES string of the molecule is CN1C(=O)CN([C@H]2c3cc(C#N)ccc3OC(C)(C)[C@@H]2O)C1=O. The van der Waals surface area contributed by atoms with E-state index in [0.29, 0.717) is 16.9 Å². The lowest BCUT2D eigenvalue weighted by Crippen LogP contribution is -2.54. The highest BCUT2D eigenvalue weighted by Crippen LogP contribution is 2.44. The zero-order chi connectivity index (χ0) is 16.9. The third-order valence-electron chi connectivity index (χ3n) is 4.39. The molecule has 2 atom stereocenters.